The van der Waals surface area contributed by atoms with Crippen molar-refractivity contribution in [1.29, 1.82) is 0 Å². The molecule has 1 amide bonds. The normalized spacial score (nSPS) is 21.0. The van der Waals surface area contributed by atoms with Crippen LogP contribution in [-0.2, 0) is 11.2 Å². The molecule has 0 saturated carbocycles. The highest BCUT2D eigenvalue weighted by molar-refractivity contribution is 5.84. The molecule has 6 heteroatoms. The highest BCUT2D eigenvalue weighted by atomic mass is 16.5. The lowest BCUT2D eigenvalue weighted by Gasteiger charge is -2.31. The first kappa shape index (κ1) is 18.4. The molecule has 2 aliphatic heterocycles. The average molecular weight is 379 g/mol. The van der Waals surface area contributed by atoms with Gasteiger partial charge in [0.1, 0.15) is 6.04 Å². The van der Waals surface area contributed by atoms with Gasteiger partial charge in [-0.15, -0.1) is 0 Å². The van der Waals surface area contributed by atoms with Crippen molar-refractivity contribution in [1.82, 2.24) is 15.3 Å². The van der Waals surface area contributed by atoms with Gasteiger partial charge in [0.25, 0.3) is 5.91 Å². The summed E-state index contributed by atoms with van der Waals surface area (Å²) in [5.41, 5.74) is 5.73. The van der Waals surface area contributed by atoms with Crippen LogP contribution in [-0.4, -0.2) is 42.6 Å². The summed E-state index contributed by atoms with van der Waals surface area (Å²) in [6.45, 7) is 0.685. The molecule has 2 heterocycles. The Labute approximate surface area is 165 Å². The molecule has 28 heavy (non-hydrogen) atoms. The molecule has 0 radical (unpaired) electrons. The van der Waals surface area contributed by atoms with Gasteiger partial charge >= 0.3 is 0 Å². The minimum Gasteiger partial charge on any atom is -0.493 e. The van der Waals surface area contributed by atoms with E-state index in [1.165, 1.54) is 5.56 Å². The number of hydrazine groups is 1. The molecule has 1 N–H and O–H groups in total. The number of nitrogens with zero attached hydrogens (tertiary/aromatic N) is 2. The largest absolute Gasteiger partial charge is 0.493 e. The second-order valence-electron chi connectivity index (χ2n) is 7.02. The van der Waals surface area contributed by atoms with Crippen molar-refractivity contribution in [2.24, 2.45) is 0 Å². The van der Waals surface area contributed by atoms with Gasteiger partial charge in [0, 0.05) is 18.9 Å². The highest BCUT2D eigenvalue weighted by Crippen LogP contribution is 2.35. The Morgan fingerprint density at radius 2 is 1.82 bits per heavy atom. The number of amides is 1. The van der Waals surface area contributed by atoms with E-state index in [2.05, 4.69) is 17.6 Å². The summed E-state index contributed by atoms with van der Waals surface area (Å²) in [7, 11) is 3.25. The fourth-order valence-electron chi connectivity index (χ4n) is 3.80. The van der Waals surface area contributed by atoms with Crippen molar-refractivity contribution in [2.75, 3.05) is 20.8 Å². The monoisotopic (exact) mass is 379 g/mol. The molecule has 2 aromatic rings. The van der Waals surface area contributed by atoms with Crippen LogP contribution in [0.5, 0.6) is 11.5 Å². The molecular weight excluding hydrogens is 354 g/mol. The maximum atomic E-state index is 13.0. The molecule has 0 spiro atoms. The number of benzene rings is 2. The third-order valence-electron chi connectivity index (χ3n) is 5.37. The minimum absolute atomic E-state index is 0.0486. The fourth-order valence-corrected chi connectivity index (χ4v) is 3.80. The third-order valence-corrected chi connectivity index (χ3v) is 5.37. The van der Waals surface area contributed by atoms with Crippen LogP contribution in [0.15, 0.2) is 60.9 Å². The Balaban J connectivity index is 1.44. The highest BCUT2D eigenvalue weighted by Gasteiger charge is 2.39. The number of fused-ring (bicyclic) bond motifs is 1. The summed E-state index contributed by atoms with van der Waals surface area (Å²) in [5, 5.41) is 1.92. The van der Waals surface area contributed by atoms with Gasteiger partial charge in [0.15, 0.2) is 11.5 Å². The Morgan fingerprint density at radius 3 is 2.57 bits per heavy atom. The first-order valence-corrected chi connectivity index (χ1v) is 9.49. The van der Waals surface area contributed by atoms with E-state index >= 15 is 0 Å². The maximum Gasteiger partial charge on any atom is 0.250 e. The van der Waals surface area contributed by atoms with Gasteiger partial charge in [-0.05, 0) is 36.1 Å². The van der Waals surface area contributed by atoms with E-state index in [1.54, 1.807) is 14.2 Å². The van der Waals surface area contributed by atoms with Crippen LogP contribution in [0.25, 0.3) is 0 Å². The Bertz CT molecular complexity index is 869. The number of nitrogens with one attached hydrogen (secondary N) is 1. The molecular formula is C22H25N3O3. The van der Waals surface area contributed by atoms with Gasteiger partial charge in [-0.3, -0.25) is 4.79 Å². The lowest BCUT2D eigenvalue weighted by atomic mass is 10.00. The van der Waals surface area contributed by atoms with Crippen LogP contribution in [0.1, 0.15) is 23.6 Å². The van der Waals surface area contributed by atoms with Crippen molar-refractivity contribution < 1.29 is 14.3 Å². The molecule has 2 unspecified atom stereocenters. The van der Waals surface area contributed by atoms with Crippen molar-refractivity contribution >= 4 is 5.91 Å². The zero-order valence-electron chi connectivity index (χ0n) is 16.2. The van der Waals surface area contributed by atoms with Gasteiger partial charge in [0.2, 0.25) is 0 Å². The minimum atomic E-state index is -0.195. The van der Waals surface area contributed by atoms with E-state index < -0.39 is 0 Å². The number of rotatable bonds is 6. The van der Waals surface area contributed by atoms with Crippen molar-refractivity contribution in [3.63, 3.8) is 0 Å². The molecule has 0 bridgehead atoms. The van der Waals surface area contributed by atoms with Crippen LogP contribution >= 0.6 is 0 Å². The van der Waals surface area contributed by atoms with Gasteiger partial charge in [-0.1, -0.05) is 36.4 Å². The van der Waals surface area contributed by atoms with Crippen molar-refractivity contribution in [3.05, 3.63) is 72.1 Å². The van der Waals surface area contributed by atoms with E-state index in [-0.39, 0.29) is 18.0 Å². The number of carbonyl (C=O) groups excluding carboxylic acids is 1. The molecule has 0 aromatic heterocycles. The van der Waals surface area contributed by atoms with Gasteiger partial charge < -0.3 is 19.4 Å². The summed E-state index contributed by atoms with van der Waals surface area (Å²) in [5.74, 6) is 1.52. The molecule has 2 aromatic carbocycles. The number of ether oxygens (including phenoxy) is 2. The standard InChI is InChI=1S/C22H25N3O3/c1-27-20-9-8-17(14-21(20)28-2)18-15-19-22(26)24(12-13-25(19)23-18)11-10-16-6-4-3-5-7-16/h3-9,12-14,18-19,23H,10-11,15H2,1-2H3. The van der Waals surface area contributed by atoms with Crippen molar-refractivity contribution in [2.45, 2.75) is 24.9 Å². The van der Waals surface area contributed by atoms with Crippen LogP contribution in [0, 0.1) is 0 Å². The molecule has 2 atom stereocenters. The van der Waals surface area contributed by atoms with Crippen LogP contribution in [0.2, 0.25) is 0 Å². The summed E-state index contributed by atoms with van der Waals surface area (Å²) in [6.07, 6.45) is 5.38. The molecule has 0 aliphatic carbocycles. The summed E-state index contributed by atoms with van der Waals surface area (Å²) < 4.78 is 10.7. The average Bonchev–Trinajstić information content (AvgIpc) is 3.19. The van der Waals surface area contributed by atoms with Gasteiger partial charge in [0.05, 0.1) is 20.3 Å². The molecule has 6 nitrogen and oxygen atoms in total. The van der Waals surface area contributed by atoms with Gasteiger partial charge in [-0.25, -0.2) is 5.43 Å². The number of hydrogen-bond acceptors (Lipinski definition) is 5. The van der Waals surface area contributed by atoms with E-state index in [0.29, 0.717) is 24.5 Å². The van der Waals surface area contributed by atoms with Crippen LogP contribution in [0.3, 0.4) is 0 Å². The molecule has 1 saturated heterocycles. The Kier molecular flexibility index (Phi) is 5.21. The Morgan fingerprint density at radius 1 is 1.04 bits per heavy atom. The number of methoxy groups -OCH3 is 2. The smallest absolute Gasteiger partial charge is 0.250 e. The molecule has 1 fully saturated rings. The molecule has 2 aliphatic rings. The second kappa shape index (κ2) is 7.94. The van der Waals surface area contributed by atoms with Crippen LogP contribution < -0.4 is 14.9 Å². The number of carbonyl (C=O) groups is 1. The zero-order chi connectivity index (χ0) is 19.5. The van der Waals surface area contributed by atoms with Gasteiger partial charge in [-0.2, -0.15) is 0 Å². The lowest BCUT2D eigenvalue weighted by molar-refractivity contribution is -0.134. The van der Waals surface area contributed by atoms with E-state index in [1.807, 2.05) is 58.7 Å². The first-order chi connectivity index (χ1) is 13.7. The predicted molar refractivity (Wildman–Crippen MR) is 107 cm³/mol. The lowest BCUT2D eigenvalue weighted by Crippen LogP contribution is -2.48. The van der Waals surface area contributed by atoms with E-state index in [4.69, 9.17) is 9.47 Å². The summed E-state index contributed by atoms with van der Waals surface area (Å²) in [6, 6.07) is 16.0. The number of hydrogen-bond donors (Lipinski definition) is 1. The zero-order valence-corrected chi connectivity index (χ0v) is 16.2. The van der Waals surface area contributed by atoms with E-state index in [0.717, 1.165) is 12.0 Å². The first-order valence-electron chi connectivity index (χ1n) is 9.49. The SMILES string of the molecule is COc1ccc(C2CC3C(=O)N(CCc4ccccc4)C=CN3N2)cc1OC. The summed E-state index contributed by atoms with van der Waals surface area (Å²) >= 11 is 0. The predicted octanol–water partition coefficient (Wildman–Crippen LogP) is 2.88. The molecule has 4 rings (SSSR count). The van der Waals surface area contributed by atoms with E-state index in [9.17, 15) is 4.79 Å². The fraction of sp³-hybridized carbons (Fsp3) is 0.318. The maximum absolute atomic E-state index is 13.0. The van der Waals surface area contributed by atoms with Crippen molar-refractivity contribution in [3.8, 4) is 11.5 Å². The topological polar surface area (TPSA) is 54.0 Å². The second-order valence-corrected chi connectivity index (χ2v) is 7.02. The molecule has 146 valence electrons. The quantitative estimate of drug-likeness (QED) is 0.836. The van der Waals surface area contributed by atoms with Crippen LogP contribution in [0.4, 0.5) is 0 Å². The summed E-state index contributed by atoms with van der Waals surface area (Å²) in [4.78, 5) is 14.8. The third kappa shape index (κ3) is 3.55. The Hall–Kier alpha value is -2.99.